The normalized spacial score (nSPS) is 11.7. The van der Waals surface area contributed by atoms with Crippen molar-refractivity contribution in [2.45, 2.75) is 40.5 Å². The second-order valence-corrected chi connectivity index (χ2v) is 7.05. The molecule has 0 bridgehead atoms. The summed E-state index contributed by atoms with van der Waals surface area (Å²) in [5.74, 6) is 0.544. The monoisotopic (exact) mass is 278 g/mol. The first-order valence-electron chi connectivity index (χ1n) is 7.70. The molecule has 0 aliphatic carbocycles. The molecule has 21 heavy (non-hydrogen) atoms. The Kier molecular flexibility index (Phi) is 4.37. The maximum absolute atomic E-state index is 4.34. The van der Waals surface area contributed by atoms with E-state index in [4.69, 9.17) is 0 Å². The molecule has 0 aliphatic heterocycles. The fourth-order valence-corrected chi connectivity index (χ4v) is 2.47. The van der Waals surface area contributed by atoms with Crippen LogP contribution in [0.4, 0.5) is 0 Å². The first-order valence-corrected chi connectivity index (χ1v) is 7.70. The lowest BCUT2D eigenvalue weighted by molar-refractivity contribution is 0.568. The van der Waals surface area contributed by atoms with E-state index in [1.807, 2.05) is 0 Å². The lowest BCUT2D eigenvalue weighted by atomic mass is 9.80. The second-order valence-electron chi connectivity index (χ2n) is 7.05. The van der Waals surface area contributed by atoms with Gasteiger partial charge in [-0.2, -0.15) is 0 Å². The van der Waals surface area contributed by atoms with Crippen LogP contribution in [-0.2, 0) is 0 Å². The highest BCUT2D eigenvalue weighted by Crippen LogP contribution is 2.38. The lowest BCUT2D eigenvalue weighted by Crippen LogP contribution is -2.08. The summed E-state index contributed by atoms with van der Waals surface area (Å²) in [4.78, 5) is 0. The average molecular weight is 278 g/mol. The molecular weight excluding hydrogens is 252 g/mol. The van der Waals surface area contributed by atoms with Gasteiger partial charge in [0, 0.05) is 0 Å². The van der Waals surface area contributed by atoms with Crippen LogP contribution in [0.1, 0.15) is 51.7 Å². The molecule has 2 aromatic carbocycles. The summed E-state index contributed by atoms with van der Waals surface area (Å²) in [6.07, 6.45) is 0. The Bertz CT molecular complexity index is 639. The van der Waals surface area contributed by atoms with Crippen molar-refractivity contribution >= 4 is 5.57 Å². The molecule has 0 fully saturated rings. The van der Waals surface area contributed by atoms with E-state index in [-0.39, 0.29) is 5.41 Å². The Morgan fingerprint density at radius 1 is 0.952 bits per heavy atom. The molecule has 0 aromatic heterocycles. The van der Waals surface area contributed by atoms with Gasteiger partial charge in [0.1, 0.15) is 0 Å². The molecular formula is C21H26. The summed E-state index contributed by atoms with van der Waals surface area (Å²) in [5.41, 5.74) is 6.45. The molecule has 0 aliphatic rings. The van der Waals surface area contributed by atoms with Gasteiger partial charge in [0.25, 0.3) is 0 Å². The maximum atomic E-state index is 4.34. The molecule has 2 aromatic rings. The van der Waals surface area contributed by atoms with E-state index in [1.54, 1.807) is 0 Å². The van der Waals surface area contributed by atoms with Gasteiger partial charge in [-0.05, 0) is 39.2 Å². The van der Waals surface area contributed by atoms with Crippen LogP contribution in [-0.4, -0.2) is 0 Å². The zero-order chi connectivity index (χ0) is 15.6. The van der Waals surface area contributed by atoms with Crippen LogP contribution in [0, 0.1) is 5.41 Å². The van der Waals surface area contributed by atoms with Crippen molar-refractivity contribution in [3.8, 4) is 11.1 Å². The third kappa shape index (κ3) is 3.44. The SMILES string of the molecule is C=C(c1ccccc1-c1cccc(C(C)C)c1)C(C)(C)C. The van der Waals surface area contributed by atoms with Crippen LogP contribution in [0.15, 0.2) is 55.1 Å². The molecule has 110 valence electrons. The predicted molar refractivity (Wildman–Crippen MR) is 94.5 cm³/mol. The topological polar surface area (TPSA) is 0 Å². The summed E-state index contributed by atoms with van der Waals surface area (Å²) in [6, 6.07) is 17.5. The molecule has 0 heterocycles. The van der Waals surface area contributed by atoms with Gasteiger partial charge in [-0.15, -0.1) is 0 Å². The fourth-order valence-electron chi connectivity index (χ4n) is 2.47. The summed E-state index contributed by atoms with van der Waals surface area (Å²) >= 11 is 0. The molecule has 0 N–H and O–H groups in total. The zero-order valence-electron chi connectivity index (χ0n) is 13.9. The van der Waals surface area contributed by atoms with Gasteiger partial charge in [-0.1, -0.05) is 89.7 Å². The molecule has 2 rings (SSSR count). The summed E-state index contributed by atoms with van der Waals surface area (Å²) < 4.78 is 0. The van der Waals surface area contributed by atoms with E-state index in [0.717, 1.165) is 0 Å². The minimum atomic E-state index is 0.0752. The molecule has 0 saturated carbocycles. The molecule has 0 heteroatoms. The van der Waals surface area contributed by atoms with Gasteiger partial charge in [-0.25, -0.2) is 0 Å². The molecule has 0 spiro atoms. The van der Waals surface area contributed by atoms with E-state index < -0.39 is 0 Å². The van der Waals surface area contributed by atoms with E-state index in [2.05, 4.69) is 89.7 Å². The molecule has 0 nitrogen and oxygen atoms in total. The molecule has 0 unspecified atom stereocenters. The Hall–Kier alpha value is -1.82. The highest BCUT2D eigenvalue weighted by Gasteiger charge is 2.19. The average Bonchev–Trinajstić information content (AvgIpc) is 2.45. The summed E-state index contributed by atoms with van der Waals surface area (Å²) in [6.45, 7) is 15.5. The predicted octanol–water partition coefficient (Wildman–Crippen LogP) is 6.54. The Balaban J connectivity index is 2.55. The van der Waals surface area contributed by atoms with Crippen molar-refractivity contribution in [1.82, 2.24) is 0 Å². The standard InChI is InChI=1S/C21H26/c1-15(2)17-10-9-11-18(14-17)20-13-8-7-12-19(20)16(3)21(4,5)6/h7-15H,3H2,1-2,4-6H3. The van der Waals surface area contributed by atoms with Gasteiger partial charge < -0.3 is 0 Å². The van der Waals surface area contributed by atoms with Gasteiger partial charge >= 0.3 is 0 Å². The van der Waals surface area contributed by atoms with Gasteiger partial charge in [0.15, 0.2) is 0 Å². The number of allylic oxidation sites excluding steroid dienone is 1. The van der Waals surface area contributed by atoms with Crippen molar-refractivity contribution in [2.75, 3.05) is 0 Å². The smallest absolute Gasteiger partial charge is 0.0109 e. The van der Waals surface area contributed by atoms with Crippen molar-refractivity contribution in [3.63, 3.8) is 0 Å². The third-order valence-corrected chi connectivity index (χ3v) is 4.02. The van der Waals surface area contributed by atoms with Crippen LogP contribution in [0.5, 0.6) is 0 Å². The van der Waals surface area contributed by atoms with E-state index in [0.29, 0.717) is 5.92 Å². The highest BCUT2D eigenvalue weighted by molar-refractivity contribution is 5.82. The van der Waals surface area contributed by atoms with Gasteiger partial charge in [0.2, 0.25) is 0 Å². The van der Waals surface area contributed by atoms with Crippen LogP contribution >= 0.6 is 0 Å². The Labute approximate surface area is 129 Å². The lowest BCUT2D eigenvalue weighted by Gasteiger charge is -2.24. The minimum Gasteiger partial charge on any atom is -0.0947 e. The first kappa shape index (κ1) is 15.6. The Morgan fingerprint density at radius 2 is 1.62 bits per heavy atom. The second kappa shape index (κ2) is 5.89. The van der Waals surface area contributed by atoms with Crippen molar-refractivity contribution in [2.24, 2.45) is 5.41 Å². The van der Waals surface area contributed by atoms with Gasteiger partial charge in [0.05, 0.1) is 0 Å². The first-order chi connectivity index (χ1) is 9.80. The molecule has 0 radical (unpaired) electrons. The fraction of sp³-hybridized carbons (Fsp3) is 0.333. The van der Waals surface area contributed by atoms with Crippen molar-refractivity contribution < 1.29 is 0 Å². The largest absolute Gasteiger partial charge is 0.0947 e. The maximum Gasteiger partial charge on any atom is -0.0109 e. The Morgan fingerprint density at radius 3 is 2.24 bits per heavy atom. The van der Waals surface area contributed by atoms with Crippen LogP contribution in [0.2, 0.25) is 0 Å². The highest BCUT2D eigenvalue weighted by atomic mass is 14.2. The number of hydrogen-bond donors (Lipinski definition) is 0. The zero-order valence-corrected chi connectivity index (χ0v) is 13.9. The minimum absolute atomic E-state index is 0.0752. The quantitative estimate of drug-likeness (QED) is 0.598. The number of rotatable bonds is 3. The number of hydrogen-bond acceptors (Lipinski definition) is 0. The van der Waals surface area contributed by atoms with Crippen LogP contribution in [0.25, 0.3) is 16.7 Å². The van der Waals surface area contributed by atoms with Crippen LogP contribution < -0.4 is 0 Å². The van der Waals surface area contributed by atoms with E-state index in [1.165, 1.54) is 27.8 Å². The molecule has 0 atom stereocenters. The van der Waals surface area contributed by atoms with Crippen LogP contribution in [0.3, 0.4) is 0 Å². The number of benzene rings is 2. The van der Waals surface area contributed by atoms with E-state index in [9.17, 15) is 0 Å². The molecule has 0 saturated heterocycles. The molecule has 0 amide bonds. The summed E-state index contributed by atoms with van der Waals surface area (Å²) in [7, 11) is 0. The third-order valence-electron chi connectivity index (χ3n) is 4.02. The van der Waals surface area contributed by atoms with E-state index >= 15 is 0 Å². The van der Waals surface area contributed by atoms with Crippen molar-refractivity contribution in [1.29, 1.82) is 0 Å². The van der Waals surface area contributed by atoms with Crippen molar-refractivity contribution in [3.05, 3.63) is 66.2 Å². The van der Waals surface area contributed by atoms with Gasteiger partial charge in [-0.3, -0.25) is 0 Å². The summed E-state index contributed by atoms with van der Waals surface area (Å²) in [5, 5.41) is 0.